The lowest BCUT2D eigenvalue weighted by molar-refractivity contribution is 0.0992. The van der Waals surface area contributed by atoms with Crippen LogP contribution in [0.1, 0.15) is 53.6 Å². The number of aliphatic hydroxyl groups is 1. The summed E-state index contributed by atoms with van der Waals surface area (Å²) < 4.78 is 15.6. The second-order valence-electron chi connectivity index (χ2n) is 9.08. The van der Waals surface area contributed by atoms with Crippen LogP contribution in [0.5, 0.6) is 0 Å². The van der Waals surface area contributed by atoms with Crippen molar-refractivity contribution >= 4 is 11.4 Å². The van der Waals surface area contributed by atoms with E-state index in [0.717, 1.165) is 5.69 Å². The summed E-state index contributed by atoms with van der Waals surface area (Å²) in [6.07, 6.45) is 0.136. The van der Waals surface area contributed by atoms with Crippen LogP contribution in [0.15, 0.2) is 54.6 Å². The predicted octanol–water partition coefficient (Wildman–Crippen LogP) is 5.06. The van der Waals surface area contributed by atoms with Gasteiger partial charge in [0.2, 0.25) is 0 Å². The number of rotatable bonds is 5. The normalized spacial score (nSPS) is 11.8. The molecule has 0 saturated heterocycles. The molecule has 2 heterocycles. The van der Waals surface area contributed by atoms with Gasteiger partial charge < -0.3 is 5.11 Å². The Morgan fingerprint density at radius 1 is 1.06 bits per heavy atom. The molecule has 6 heteroatoms. The molecule has 2 aromatic carbocycles. The fourth-order valence-corrected chi connectivity index (χ4v) is 3.72. The number of carbonyl (C=O) groups is 1. The number of benzene rings is 2. The van der Waals surface area contributed by atoms with Crippen LogP contribution in [0, 0.1) is 12.7 Å². The number of hydrogen-bond donors (Lipinski definition) is 1. The second-order valence-corrected chi connectivity index (χ2v) is 9.08. The first-order valence-corrected chi connectivity index (χ1v) is 10.6. The maximum Gasteiger partial charge on any atom is 0.168 e. The Morgan fingerprint density at radius 3 is 2.44 bits per heavy atom. The van der Waals surface area contributed by atoms with Crippen LogP contribution in [-0.4, -0.2) is 25.5 Å². The number of Topliss-reactive ketones (excluding diaryl/α,β-unsaturated/α-hetero) is 1. The molecule has 0 aliphatic heterocycles. The van der Waals surface area contributed by atoms with Gasteiger partial charge in [0, 0.05) is 22.8 Å². The summed E-state index contributed by atoms with van der Waals surface area (Å²) in [5.74, 6) is -0.494. The third-order valence-electron chi connectivity index (χ3n) is 5.53. The van der Waals surface area contributed by atoms with Crippen LogP contribution in [0.4, 0.5) is 4.39 Å². The van der Waals surface area contributed by atoms with Crippen LogP contribution in [-0.2, 0) is 18.4 Å². The molecular formula is C26H26FN3O2. The summed E-state index contributed by atoms with van der Waals surface area (Å²) in [4.78, 5) is 17.6. The fraction of sp³-hybridized carbons (Fsp3) is 0.269. The highest BCUT2D eigenvalue weighted by atomic mass is 19.1. The zero-order valence-corrected chi connectivity index (χ0v) is 18.7. The van der Waals surface area contributed by atoms with Gasteiger partial charge in [0.1, 0.15) is 5.82 Å². The maximum atomic E-state index is 13.9. The Balaban J connectivity index is 1.72. The molecule has 1 N–H and O–H groups in total. The van der Waals surface area contributed by atoms with Crippen molar-refractivity contribution in [3.63, 3.8) is 0 Å². The fourth-order valence-electron chi connectivity index (χ4n) is 3.72. The molecule has 0 radical (unpaired) electrons. The highest BCUT2D eigenvalue weighted by Gasteiger charge is 2.17. The zero-order chi connectivity index (χ0) is 23.0. The van der Waals surface area contributed by atoms with E-state index in [0.29, 0.717) is 28.2 Å². The topological polar surface area (TPSA) is 67.5 Å². The Bertz CT molecular complexity index is 1300. The number of nitrogens with zero attached hydrogens (tertiary/aromatic N) is 3. The standard InChI is InChI=1S/C26H26FN3O2/c1-16-11-25-28-21(14-24(32)17-5-8-20(9-6-17)26(2,3)4)13-23(30(25)29-16)18-7-10-22(27)19(12-18)15-31/h5-13,31H,14-15H2,1-4H3. The number of aromatic nitrogens is 3. The molecule has 0 saturated carbocycles. The van der Waals surface area contributed by atoms with E-state index in [9.17, 15) is 14.3 Å². The van der Waals surface area contributed by atoms with E-state index in [4.69, 9.17) is 0 Å². The molecule has 0 bridgehead atoms. The van der Waals surface area contributed by atoms with Crippen LogP contribution in [0.3, 0.4) is 0 Å². The second kappa shape index (κ2) is 8.28. The maximum absolute atomic E-state index is 13.9. The van der Waals surface area contributed by atoms with Crippen molar-refractivity contribution in [1.29, 1.82) is 0 Å². The number of carbonyl (C=O) groups excluding carboxylic acids is 1. The number of fused-ring (bicyclic) bond motifs is 1. The zero-order valence-electron chi connectivity index (χ0n) is 18.7. The molecule has 5 nitrogen and oxygen atoms in total. The summed E-state index contributed by atoms with van der Waals surface area (Å²) >= 11 is 0. The van der Waals surface area contributed by atoms with E-state index in [1.165, 1.54) is 11.6 Å². The number of halogens is 1. The van der Waals surface area contributed by atoms with E-state index < -0.39 is 12.4 Å². The van der Waals surface area contributed by atoms with Crippen molar-refractivity contribution < 1.29 is 14.3 Å². The van der Waals surface area contributed by atoms with Crippen molar-refractivity contribution in [3.8, 4) is 11.3 Å². The molecule has 0 amide bonds. The van der Waals surface area contributed by atoms with Gasteiger partial charge in [-0.25, -0.2) is 13.9 Å². The van der Waals surface area contributed by atoms with Gasteiger partial charge in [0.05, 0.1) is 30.1 Å². The number of aryl methyl sites for hydroxylation is 1. The molecule has 0 spiro atoms. The molecule has 0 atom stereocenters. The van der Waals surface area contributed by atoms with Gasteiger partial charge in [-0.15, -0.1) is 0 Å². The summed E-state index contributed by atoms with van der Waals surface area (Å²) in [6, 6.07) is 15.9. The molecule has 4 aromatic rings. The largest absolute Gasteiger partial charge is 0.392 e. The lowest BCUT2D eigenvalue weighted by Crippen LogP contribution is -2.12. The van der Waals surface area contributed by atoms with Crippen LogP contribution in [0.25, 0.3) is 16.9 Å². The summed E-state index contributed by atoms with van der Waals surface area (Å²) in [5, 5.41) is 13.9. The molecule has 0 aliphatic carbocycles. The molecule has 2 aromatic heterocycles. The summed E-state index contributed by atoms with van der Waals surface area (Å²) in [7, 11) is 0. The lowest BCUT2D eigenvalue weighted by Gasteiger charge is -2.19. The van der Waals surface area contributed by atoms with Crippen molar-refractivity contribution in [2.45, 2.75) is 46.1 Å². The Hall–Kier alpha value is -3.38. The molecule has 32 heavy (non-hydrogen) atoms. The molecule has 0 fully saturated rings. The van der Waals surface area contributed by atoms with Gasteiger partial charge >= 0.3 is 0 Å². The first kappa shape index (κ1) is 21.8. The van der Waals surface area contributed by atoms with Crippen molar-refractivity contribution in [2.24, 2.45) is 0 Å². The number of ketones is 1. The van der Waals surface area contributed by atoms with Crippen LogP contribution < -0.4 is 0 Å². The smallest absolute Gasteiger partial charge is 0.168 e. The first-order chi connectivity index (χ1) is 15.2. The average molecular weight is 432 g/mol. The molecule has 0 unspecified atom stereocenters. The average Bonchev–Trinajstić information content (AvgIpc) is 3.13. The monoisotopic (exact) mass is 431 g/mol. The SMILES string of the molecule is Cc1cc2nc(CC(=O)c3ccc(C(C)(C)C)cc3)cc(-c3ccc(F)c(CO)c3)n2n1. The van der Waals surface area contributed by atoms with E-state index in [2.05, 4.69) is 30.9 Å². The van der Waals surface area contributed by atoms with E-state index in [-0.39, 0.29) is 23.2 Å². The van der Waals surface area contributed by atoms with Gasteiger partial charge in [0.15, 0.2) is 11.4 Å². The van der Waals surface area contributed by atoms with Gasteiger partial charge in [-0.1, -0.05) is 45.0 Å². The minimum absolute atomic E-state index is 0.0194. The van der Waals surface area contributed by atoms with Gasteiger partial charge in [-0.2, -0.15) is 5.10 Å². The Morgan fingerprint density at radius 2 is 1.78 bits per heavy atom. The highest BCUT2D eigenvalue weighted by Crippen LogP contribution is 2.26. The quantitative estimate of drug-likeness (QED) is 0.449. The Kier molecular flexibility index (Phi) is 5.65. The Labute approximate surface area is 186 Å². The summed E-state index contributed by atoms with van der Waals surface area (Å²) in [5.41, 5.74) is 5.39. The predicted molar refractivity (Wildman–Crippen MR) is 122 cm³/mol. The van der Waals surface area contributed by atoms with Crippen molar-refractivity contribution in [3.05, 3.63) is 88.5 Å². The molecular weight excluding hydrogens is 405 g/mol. The first-order valence-electron chi connectivity index (χ1n) is 10.6. The third kappa shape index (κ3) is 4.32. The molecule has 4 rings (SSSR count). The van der Waals surface area contributed by atoms with Gasteiger partial charge in [-0.05, 0) is 42.2 Å². The number of hydrogen-bond acceptors (Lipinski definition) is 4. The summed E-state index contributed by atoms with van der Waals surface area (Å²) in [6.45, 7) is 7.87. The molecule has 0 aliphatic rings. The minimum atomic E-state index is -0.465. The lowest BCUT2D eigenvalue weighted by atomic mass is 9.86. The van der Waals surface area contributed by atoms with E-state index >= 15 is 0 Å². The minimum Gasteiger partial charge on any atom is -0.392 e. The highest BCUT2D eigenvalue weighted by molar-refractivity contribution is 5.97. The van der Waals surface area contributed by atoms with E-state index in [1.807, 2.05) is 37.3 Å². The van der Waals surface area contributed by atoms with Crippen LogP contribution >= 0.6 is 0 Å². The van der Waals surface area contributed by atoms with Crippen molar-refractivity contribution in [1.82, 2.24) is 14.6 Å². The number of aliphatic hydroxyl groups excluding tert-OH is 1. The molecule has 164 valence electrons. The van der Waals surface area contributed by atoms with E-state index in [1.54, 1.807) is 22.7 Å². The van der Waals surface area contributed by atoms with Gasteiger partial charge in [0.25, 0.3) is 0 Å². The third-order valence-corrected chi connectivity index (χ3v) is 5.53. The van der Waals surface area contributed by atoms with Crippen LogP contribution in [0.2, 0.25) is 0 Å². The van der Waals surface area contributed by atoms with Crippen molar-refractivity contribution in [2.75, 3.05) is 0 Å². The van der Waals surface area contributed by atoms with Gasteiger partial charge in [-0.3, -0.25) is 4.79 Å².